The summed E-state index contributed by atoms with van der Waals surface area (Å²) in [7, 11) is 0. The quantitative estimate of drug-likeness (QED) is 0.647. The van der Waals surface area contributed by atoms with E-state index in [1.165, 1.54) is 4.90 Å². The molecule has 0 spiro atoms. The van der Waals surface area contributed by atoms with Crippen LogP contribution in [0.4, 0.5) is 4.79 Å². The third kappa shape index (κ3) is 3.06. The van der Waals surface area contributed by atoms with Gasteiger partial charge >= 0.3 is 6.03 Å². The van der Waals surface area contributed by atoms with Gasteiger partial charge in [-0.25, -0.2) is 4.79 Å². The van der Waals surface area contributed by atoms with E-state index >= 15 is 0 Å². The van der Waals surface area contributed by atoms with Crippen molar-refractivity contribution in [3.05, 3.63) is 35.4 Å². The second-order valence-electron chi connectivity index (χ2n) is 5.21. The summed E-state index contributed by atoms with van der Waals surface area (Å²) in [6, 6.07) is 7.10. The maximum Gasteiger partial charge on any atom is 0.325 e. The molecule has 2 rings (SSSR count). The molecule has 0 aromatic heterocycles. The zero-order valence-electron chi connectivity index (χ0n) is 12.3. The average molecular weight is 285 g/mol. The fraction of sp³-hybridized carbons (Fsp3) is 0.375. The third-order valence-corrected chi connectivity index (χ3v) is 3.68. The van der Waals surface area contributed by atoms with Crippen molar-refractivity contribution in [1.82, 2.24) is 10.2 Å². The molecule has 0 aliphatic carbocycles. The number of urea groups is 1. The zero-order chi connectivity index (χ0) is 15.5. The molecule has 1 aliphatic rings. The summed E-state index contributed by atoms with van der Waals surface area (Å²) in [5.41, 5.74) is 6.28. The van der Waals surface area contributed by atoms with Gasteiger partial charge in [-0.2, -0.15) is 0 Å². The number of nitrogens with one attached hydrogen (secondary N) is 1. The Bertz CT molecular complexity index is 613. The Morgan fingerprint density at radius 3 is 2.48 bits per heavy atom. The smallest absolute Gasteiger partial charge is 0.323 e. The van der Waals surface area contributed by atoms with E-state index in [4.69, 9.17) is 5.73 Å². The van der Waals surface area contributed by atoms with E-state index in [0.29, 0.717) is 13.0 Å². The van der Waals surface area contributed by atoms with E-state index < -0.39 is 5.54 Å². The summed E-state index contributed by atoms with van der Waals surface area (Å²) >= 11 is 0. The normalized spacial score (nSPS) is 21.0. The molecule has 1 saturated heterocycles. The Balaban J connectivity index is 2.12. The average Bonchev–Trinajstić information content (AvgIpc) is 2.70. The summed E-state index contributed by atoms with van der Waals surface area (Å²) in [6.45, 7) is 4.22. The Morgan fingerprint density at radius 2 is 1.95 bits per heavy atom. The monoisotopic (exact) mass is 285 g/mol. The Kier molecular flexibility index (Phi) is 4.29. The molecule has 21 heavy (non-hydrogen) atoms. The number of carbonyl (C=O) groups excluding carboxylic acids is 2. The van der Waals surface area contributed by atoms with Gasteiger partial charge in [0.15, 0.2) is 0 Å². The number of nitrogens with zero attached hydrogens (tertiary/aromatic N) is 1. The highest BCUT2D eigenvalue weighted by molar-refractivity contribution is 6.06. The predicted octanol–water partition coefficient (Wildman–Crippen LogP) is 1.22. The number of hydrogen-bond acceptors (Lipinski definition) is 3. The second kappa shape index (κ2) is 5.98. The minimum Gasteiger partial charge on any atom is -0.323 e. The van der Waals surface area contributed by atoms with Gasteiger partial charge < -0.3 is 11.1 Å². The van der Waals surface area contributed by atoms with Crippen LogP contribution < -0.4 is 11.1 Å². The lowest BCUT2D eigenvalue weighted by atomic mass is 9.99. The highest BCUT2D eigenvalue weighted by Gasteiger charge is 2.46. The summed E-state index contributed by atoms with van der Waals surface area (Å²) in [6.07, 6.45) is 0.571. The van der Waals surface area contributed by atoms with Crippen molar-refractivity contribution in [3.63, 3.8) is 0 Å². The molecule has 110 valence electrons. The molecule has 5 nitrogen and oxygen atoms in total. The van der Waals surface area contributed by atoms with Gasteiger partial charge in [-0.1, -0.05) is 30.9 Å². The number of benzene rings is 1. The fourth-order valence-corrected chi connectivity index (χ4v) is 2.16. The van der Waals surface area contributed by atoms with Crippen LogP contribution in [0.25, 0.3) is 0 Å². The molecule has 1 aliphatic heterocycles. The number of carbonyl (C=O) groups is 2. The Hall–Kier alpha value is -2.32. The summed E-state index contributed by atoms with van der Waals surface area (Å²) < 4.78 is 0. The van der Waals surface area contributed by atoms with E-state index in [-0.39, 0.29) is 18.5 Å². The van der Waals surface area contributed by atoms with Crippen LogP contribution in [0.15, 0.2) is 24.3 Å². The maximum atomic E-state index is 12.3. The van der Waals surface area contributed by atoms with E-state index in [0.717, 1.165) is 11.1 Å². The van der Waals surface area contributed by atoms with Crippen molar-refractivity contribution in [3.8, 4) is 11.8 Å². The number of nitrogens with two attached hydrogens (primary N) is 1. The van der Waals surface area contributed by atoms with Crippen molar-refractivity contribution in [2.45, 2.75) is 32.4 Å². The van der Waals surface area contributed by atoms with Crippen LogP contribution in [0.3, 0.4) is 0 Å². The van der Waals surface area contributed by atoms with Crippen molar-refractivity contribution < 1.29 is 9.59 Å². The van der Waals surface area contributed by atoms with Crippen LogP contribution in [-0.4, -0.2) is 28.9 Å². The molecule has 1 heterocycles. The topological polar surface area (TPSA) is 75.4 Å². The minimum atomic E-state index is -0.788. The van der Waals surface area contributed by atoms with E-state index in [1.54, 1.807) is 6.92 Å². The standard InChI is InChI=1S/C16H19N3O2/c1-3-16(2)14(20)19(15(21)18-16)11-13-8-6-12(7-9-13)5-4-10-17/h6-9H,3,10-11,17H2,1-2H3,(H,18,21). The Labute approximate surface area is 124 Å². The number of imide groups is 1. The molecule has 1 aromatic rings. The molecule has 0 saturated carbocycles. The molecule has 3 amide bonds. The Morgan fingerprint density at radius 1 is 1.29 bits per heavy atom. The molecule has 0 bridgehead atoms. The van der Waals surface area contributed by atoms with Gasteiger partial charge in [0, 0.05) is 5.56 Å². The molecule has 3 N–H and O–H groups in total. The van der Waals surface area contributed by atoms with Crippen LogP contribution in [0.1, 0.15) is 31.4 Å². The summed E-state index contributed by atoms with van der Waals surface area (Å²) in [5.74, 6) is 5.53. The second-order valence-corrected chi connectivity index (χ2v) is 5.21. The van der Waals surface area contributed by atoms with Gasteiger partial charge in [-0.15, -0.1) is 0 Å². The van der Waals surface area contributed by atoms with Crippen LogP contribution in [0.2, 0.25) is 0 Å². The van der Waals surface area contributed by atoms with Gasteiger partial charge in [0.2, 0.25) is 0 Å². The first kappa shape index (κ1) is 15.1. The van der Waals surface area contributed by atoms with Crippen LogP contribution >= 0.6 is 0 Å². The lowest BCUT2D eigenvalue weighted by molar-refractivity contribution is -0.131. The number of amides is 3. The van der Waals surface area contributed by atoms with E-state index in [9.17, 15) is 9.59 Å². The first-order valence-electron chi connectivity index (χ1n) is 6.92. The van der Waals surface area contributed by atoms with Crippen molar-refractivity contribution in [2.75, 3.05) is 6.54 Å². The SMILES string of the molecule is CCC1(C)NC(=O)N(Cc2ccc(C#CCN)cc2)C1=O. The molecule has 1 atom stereocenters. The first-order valence-corrected chi connectivity index (χ1v) is 6.92. The van der Waals surface area contributed by atoms with Gasteiger partial charge in [0.05, 0.1) is 13.1 Å². The minimum absolute atomic E-state index is 0.179. The van der Waals surface area contributed by atoms with E-state index in [2.05, 4.69) is 17.2 Å². The van der Waals surface area contributed by atoms with Crippen molar-refractivity contribution in [2.24, 2.45) is 5.73 Å². The number of rotatable bonds is 3. The summed E-state index contributed by atoms with van der Waals surface area (Å²) in [4.78, 5) is 25.5. The van der Waals surface area contributed by atoms with Crippen molar-refractivity contribution >= 4 is 11.9 Å². The third-order valence-electron chi connectivity index (χ3n) is 3.68. The molecular formula is C16H19N3O2. The fourth-order valence-electron chi connectivity index (χ4n) is 2.16. The molecular weight excluding hydrogens is 266 g/mol. The van der Waals surface area contributed by atoms with Crippen LogP contribution in [-0.2, 0) is 11.3 Å². The van der Waals surface area contributed by atoms with Crippen LogP contribution in [0.5, 0.6) is 0 Å². The van der Waals surface area contributed by atoms with Crippen LogP contribution in [0, 0.1) is 11.8 Å². The van der Waals surface area contributed by atoms with Gasteiger partial charge in [-0.05, 0) is 31.0 Å². The lowest BCUT2D eigenvalue weighted by Crippen LogP contribution is -2.43. The van der Waals surface area contributed by atoms with Gasteiger partial charge in [0.25, 0.3) is 5.91 Å². The predicted molar refractivity (Wildman–Crippen MR) is 80.2 cm³/mol. The van der Waals surface area contributed by atoms with E-state index in [1.807, 2.05) is 31.2 Å². The zero-order valence-corrected chi connectivity index (χ0v) is 12.3. The highest BCUT2D eigenvalue weighted by Crippen LogP contribution is 2.22. The molecule has 1 unspecified atom stereocenters. The number of hydrogen-bond donors (Lipinski definition) is 2. The first-order chi connectivity index (χ1) is 10.00. The maximum absolute atomic E-state index is 12.3. The van der Waals surface area contributed by atoms with Gasteiger partial charge in [-0.3, -0.25) is 9.69 Å². The molecule has 5 heteroatoms. The largest absolute Gasteiger partial charge is 0.325 e. The molecule has 0 radical (unpaired) electrons. The van der Waals surface area contributed by atoms with Crippen molar-refractivity contribution in [1.29, 1.82) is 0 Å². The van der Waals surface area contributed by atoms with Gasteiger partial charge in [0.1, 0.15) is 5.54 Å². The highest BCUT2D eigenvalue weighted by atomic mass is 16.2. The molecule has 1 fully saturated rings. The summed E-state index contributed by atoms with van der Waals surface area (Å²) in [5, 5.41) is 2.74. The lowest BCUT2D eigenvalue weighted by Gasteiger charge is -2.19. The molecule has 1 aromatic carbocycles.